The first-order chi connectivity index (χ1) is 8.52. The molecular formula is C13H19BrN2O2. The first-order valence-electron chi connectivity index (χ1n) is 5.76. The molecule has 0 atom stereocenters. The van der Waals surface area contributed by atoms with Crippen molar-refractivity contribution in [3.8, 4) is 5.75 Å². The summed E-state index contributed by atoms with van der Waals surface area (Å²) in [6.07, 6.45) is 0.385. The van der Waals surface area contributed by atoms with Gasteiger partial charge in [0.25, 0.3) is 0 Å². The van der Waals surface area contributed by atoms with E-state index in [0.717, 1.165) is 22.3 Å². The molecule has 0 spiro atoms. The monoisotopic (exact) mass is 314 g/mol. The Kier molecular flexibility index (Phi) is 6.15. The van der Waals surface area contributed by atoms with E-state index < -0.39 is 0 Å². The van der Waals surface area contributed by atoms with E-state index in [1.165, 1.54) is 0 Å². The fourth-order valence-electron chi connectivity index (χ4n) is 1.49. The maximum atomic E-state index is 11.7. The predicted molar refractivity (Wildman–Crippen MR) is 76.0 cm³/mol. The Morgan fingerprint density at radius 1 is 1.44 bits per heavy atom. The average Bonchev–Trinajstić information content (AvgIpc) is 2.28. The minimum Gasteiger partial charge on any atom is -0.496 e. The highest BCUT2D eigenvalue weighted by molar-refractivity contribution is 9.10. The molecule has 1 aromatic carbocycles. The van der Waals surface area contributed by atoms with Gasteiger partial charge in [0, 0.05) is 13.1 Å². The molecule has 0 radical (unpaired) electrons. The molecule has 0 aliphatic heterocycles. The van der Waals surface area contributed by atoms with Gasteiger partial charge in [-0.2, -0.15) is 0 Å². The van der Waals surface area contributed by atoms with Gasteiger partial charge in [-0.1, -0.05) is 6.07 Å². The van der Waals surface area contributed by atoms with Gasteiger partial charge in [-0.05, 0) is 47.7 Å². The number of ether oxygens (including phenoxy) is 1. The summed E-state index contributed by atoms with van der Waals surface area (Å²) in [5.74, 6) is 0.806. The molecule has 0 aromatic heterocycles. The molecule has 0 unspecified atom stereocenters. The number of hydrogen-bond donors (Lipinski definition) is 1. The lowest BCUT2D eigenvalue weighted by Gasteiger charge is -2.11. The molecule has 1 N–H and O–H groups in total. The molecule has 0 heterocycles. The van der Waals surface area contributed by atoms with Crippen LogP contribution in [0.15, 0.2) is 22.7 Å². The molecular weight excluding hydrogens is 296 g/mol. The summed E-state index contributed by atoms with van der Waals surface area (Å²) in [6, 6.07) is 5.66. The second-order valence-electron chi connectivity index (χ2n) is 4.30. The molecule has 0 aliphatic rings. The number of amides is 1. The van der Waals surface area contributed by atoms with Gasteiger partial charge < -0.3 is 15.0 Å². The van der Waals surface area contributed by atoms with Gasteiger partial charge >= 0.3 is 0 Å². The topological polar surface area (TPSA) is 41.6 Å². The molecule has 5 heteroatoms. The van der Waals surface area contributed by atoms with Crippen LogP contribution in [0, 0.1) is 0 Å². The number of carbonyl (C=O) groups excluding carboxylic acids is 1. The van der Waals surface area contributed by atoms with Crippen LogP contribution in [0.5, 0.6) is 5.75 Å². The lowest BCUT2D eigenvalue weighted by atomic mass is 10.1. The first kappa shape index (κ1) is 15.0. The molecule has 1 aromatic rings. The van der Waals surface area contributed by atoms with Gasteiger partial charge in [0.2, 0.25) is 5.91 Å². The Balaban J connectivity index is 2.47. The van der Waals surface area contributed by atoms with Crippen molar-refractivity contribution in [1.82, 2.24) is 10.2 Å². The third-order valence-corrected chi connectivity index (χ3v) is 3.08. The molecule has 100 valence electrons. The summed E-state index contributed by atoms with van der Waals surface area (Å²) in [6.45, 7) is 1.52. The van der Waals surface area contributed by atoms with Crippen molar-refractivity contribution < 1.29 is 9.53 Å². The highest BCUT2D eigenvalue weighted by Gasteiger charge is 2.06. The fraction of sp³-hybridized carbons (Fsp3) is 0.462. The van der Waals surface area contributed by atoms with Gasteiger partial charge in [-0.3, -0.25) is 4.79 Å². The molecule has 0 saturated carbocycles. The lowest BCUT2D eigenvalue weighted by Crippen LogP contribution is -2.32. The summed E-state index contributed by atoms with van der Waals surface area (Å²) in [4.78, 5) is 13.7. The van der Waals surface area contributed by atoms with E-state index in [-0.39, 0.29) is 5.91 Å². The van der Waals surface area contributed by atoms with Crippen molar-refractivity contribution in [2.24, 2.45) is 0 Å². The summed E-state index contributed by atoms with van der Waals surface area (Å²) in [7, 11) is 5.58. The first-order valence-corrected chi connectivity index (χ1v) is 6.56. The molecule has 1 rings (SSSR count). The van der Waals surface area contributed by atoms with E-state index >= 15 is 0 Å². The van der Waals surface area contributed by atoms with Gasteiger partial charge in [0.05, 0.1) is 18.0 Å². The van der Waals surface area contributed by atoms with E-state index in [0.29, 0.717) is 13.0 Å². The SMILES string of the molecule is COc1ccc(CC(=O)NCCN(C)C)cc1Br. The number of hydrogen-bond acceptors (Lipinski definition) is 3. The molecule has 1 amide bonds. The van der Waals surface area contributed by atoms with E-state index in [9.17, 15) is 4.79 Å². The largest absolute Gasteiger partial charge is 0.496 e. The van der Waals surface area contributed by atoms with Crippen LogP contribution in [0.1, 0.15) is 5.56 Å². The maximum Gasteiger partial charge on any atom is 0.224 e. The molecule has 18 heavy (non-hydrogen) atoms. The number of carbonyl (C=O) groups is 1. The minimum absolute atomic E-state index is 0.0360. The quantitative estimate of drug-likeness (QED) is 0.868. The second kappa shape index (κ2) is 7.38. The van der Waals surface area contributed by atoms with E-state index in [4.69, 9.17) is 4.74 Å². The Bertz CT molecular complexity index is 408. The highest BCUT2D eigenvalue weighted by atomic mass is 79.9. The Labute approximate surface area is 116 Å². The van der Waals surface area contributed by atoms with E-state index in [1.54, 1.807) is 7.11 Å². The van der Waals surface area contributed by atoms with Crippen molar-refractivity contribution in [1.29, 1.82) is 0 Å². The molecule has 4 nitrogen and oxygen atoms in total. The summed E-state index contributed by atoms with van der Waals surface area (Å²) in [5.41, 5.74) is 0.963. The Morgan fingerprint density at radius 3 is 2.72 bits per heavy atom. The summed E-state index contributed by atoms with van der Waals surface area (Å²) < 4.78 is 6.01. The average molecular weight is 315 g/mol. The zero-order valence-electron chi connectivity index (χ0n) is 11.0. The van der Waals surface area contributed by atoms with Crippen molar-refractivity contribution >= 4 is 21.8 Å². The standard InChI is InChI=1S/C13H19BrN2O2/c1-16(2)7-6-15-13(17)9-10-4-5-12(18-3)11(14)8-10/h4-5,8H,6-7,9H2,1-3H3,(H,15,17). The van der Waals surface area contributed by atoms with E-state index in [2.05, 4.69) is 21.2 Å². The lowest BCUT2D eigenvalue weighted by molar-refractivity contribution is -0.120. The van der Waals surface area contributed by atoms with Gasteiger partial charge in [0.15, 0.2) is 0 Å². The van der Waals surface area contributed by atoms with Crippen LogP contribution >= 0.6 is 15.9 Å². The summed E-state index contributed by atoms with van der Waals surface area (Å²) in [5, 5.41) is 2.88. The zero-order chi connectivity index (χ0) is 13.5. The van der Waals surface area contributed by atoms with Crippen LogP contribution in [0.25, 0.3) is 0 Å². The number of methoxy groups -OCH3 is 1. The molecule has 0 saturated heterocycles. The number of nitrogens with one attached hydrogen (secondary N) is 1. The van der Waals surface area contributed by atoms with Crippen LogP contribution < -0.4 is 10.1 Å². The maximum absolute atomic E-state index is 11.7. The van der Waals surface area contributed by atoms with Crippen molar-refractivity contribution in [3.05, 3.63) is 28.2 Å². The van der Waals surface area contributed by atoms with Crippen LogP contribution in [-0.4, -0.2) is 45.1 Å². The predicted octanol–water partition coefficient (Wildman–Crippen LogP) is 1.68. The second-order valence-corrected chi connectivity index (χ2v) is 5.15. The highest BCUT2D eigenvalue weighted by Crippen LogP contribution is 2.25. The van der Waals surface area contributed by atoms with Gasteiger partial charge in [-0.25, -0.2) is 0 Å². The van der Waals surface area contributed by atoms with E-state index in [1.807, 2.05) is 37.2 Å². The summed E-state index contributed by atoms with van der Waals surface area (Å²) >= 11 is 3.41. The van der Waals surface area contributed by atoms with Gasteiger partial charge in [-0.15, -0.1) is 0 Å². The number of benzene rings is 1. The smallest absolute Gasteiger partial charge is 0.224 e. The van der Waals surface area contributed by atoms with Crippen LogP contribution in [0.2, 0.25) is 0 Å². The molecule has 0 fully saturated rings. The number of likely N-dealkylation sites (N-methyl/N-ethyl adjacent to an activating group) is 1. The van der Waals surface area contributed by atoms with Gasteiger partial charge in [0.1, 0.15) is 5.75 Å². The Morgan fingerprint density at radius 2 is 2.17 bits per heavy atom. The third-order valence-electron chi connectivity index (χ3n) is 2.46. The number of nitrogens with zero attached hydrogens (tertiary/aromatic N) is 1. The van der Waals surface area contributed by atoms with Crippen LogP contribution in [0.4, 0.5) is 0 Å². The number of rotatable bonds is 6. The Hall–Kier alpha value is -1.07. The van der Waals surface area contributed by atoms with Crippen LogP contribution in [-0.2, 0) is 11.2 Å². The third kappa shape index (κ3) is 5.06. The minimum atomic E-state index is 0.0360. The normalized spacial score (nSPS) is 10.5. The zero-order valence-corrected chi connectivity index (χ0v) is 12.6. The van der Waals surface area contributed by atoms with Crippen molar-refractivity contribution in [2.75, 3.05) is 34.3 Å². The van der Waals surface area contributed by atoms with Crippen molar-refractivity contribution in [2.45, 2.75) is 6.42 Å². The van der Waals surface area contributed by atoms with Crippen molar-refractivity contribution in [3.63, 3.8) is 0 Å². The molecule has 0 bridgehead atoms. The molecule has 0 aliphatic carbocycles. The van der Waals surface area contributed by atoms with Crippen LogP contribution in [0.3, 0.4) is 0 Å². The number of halogens is 1. The fourth-order valence-corrected chi connectivity index (χ4v) is 2.07.